The van der Waals surface area contributed by atoms with Crippen LogP contribution in [0.1, 0.15) is 60.8 Å². The molecule has 1 heterocycles. The molecule has 41 heavy (non-hydrogen) atoms. The normalized spacial score (nSPS) is 13.4. The molecule has 236 valence electrons. The molecule has 2 rings (SSSR count). The Morgan fingerprint density at radius 2 is 1.34 bits per heavy atom. The van der Waals surface area contributed by atoms with Crippen LogP contribution in [-0.2, 0) is 42.9 Å². The number of rotatable bonds is 15. The monoisotopic (exact) mass is 586 g/mol. The molecule has 12 heteroatoms. The molecule has 0 spiro atoms. The van der Waals surface area contributed by atoms with E-state index >= 15 is 0 Å². The van der Waals surface area contributed by atoms with E-state index in [0.717, 1.165) is 26.1 Å². The Labute approximate surface area is 244 Å². The molecule has 1 aromatic rings. The van der Waals surface area contributed by atoms with Crippen molar-refractivity contribution in [2.75, 3.05) is 64.5 Å². The highest BCUT2D eigenvalue weighted by Gasteiger charge is 2.39. The summed E-state index contributed by atoms with van der Waals surface area (Å²) in [6.45, 7) is 14.7. The minimum Gasteiger partial charge on any atom is -0.463 e. The first-order valence-corrected chi connectivity index (χ1v) is 14.0. The highest BCUT2D eigenvalue weighted by Crippen LogP contribution is 2.22. The number of esters is 2. The number of nitrogens with one attached hydrogen (secondary N) is 1. The van der Waals surface area contributed by atoms with Gasteiger partial charge in [-0.25, -0.2) is 5.01 Å². The van der Waals surface area contributed by atoms with E-state index in [2.05, 4.69) is 14.9 Å². The summed E-state index contributed by atoms with van der Waals surface area (Å²) in [6, 6.07) is 9.17. The number of carbonyl (C=O) groups is 4. The zero-order valence-electron chi connectivity index (χ0n) is 25.5. The number of benzene rings is 1. The van der Waals surface area contributed by atoms with Gasteiger partial charge in [0.2, 0.25) is 0 Å². The molecule has 1 aromatic carbocycles. The number of anilines is 1. The van der Waals surface area contributed by atoms with Crippen LogP contribution < -0.4 is 10.4 Å². The van der Waals surface area contributed by atoms with E-state index in [1.807, 2.05) is 45.9 Å². The van der Waals surface area contributed by atoms with Gasteiger partial charge in [-0.15, -0.1) is 0 Å². The van der Waals surface area contributed by atoms with E-state index in [9.17, 15) is 19.2 Å². The van der Waals surface area contributed by atoms with Gasteiger partial charge in [0.25, 0.3) is 11.8 Å². The predicted octanol–water partition coefficient (Wildman–Crippen LogP) is 3.06. The third-order valence-electron chi connectivity index (χ3n) is 4.83. The van der Waals surface area contributed by atoms with Crippen LogP contribution in [0.3, 0.4) is 0 Å². The Morgan fingerprint density at radius 3 is 1.73 bits per heavy atom. The maximum Gasteiger partial charge on any atom is 0.302 e. The van der Waals surface area contributed by atoms with Crippen LogP contribution in [0, 0.1) is 5.92 Å². The molecule has 0 aromatic heterocycles. The second kappa shape index (κ2) is 28.5. The summed E-state index contributed by atoms with van der Waals surface area (Å²) in [4.78, 5) is 44.3. The number of carbonyl (C=O) groups excluding carboxylic acids is 4. The van der Waals surface area contributed by atoms with Crippen molar-refractivity contribution in [2.45, 2.75) is 60.8 Å². The number of amides is 2. The average molecular weight is 587 g/mol. The van der Waals surface area contributed by atoms with E-state index in [4.69, 9.17) is 19.3 Å². The van der Waals surface area contributed by atoms with Gasteiger partial charge in [0.05, 0.1) is 32.1 Å². The number of ether oxygens (including phenoxy) is 5. The van der Waals surface area contributed by atoms with Crippen molar-refractivity contribution in [3.63, 3.8) is 0 Å². The quantitative estimate of drug-likeness (QED) is 0.178. The van der Waals surface area contributed by atoms with Crippen molar-refractivity contribution < 1.29 is 48.0 Å². The van der Waals surface area contributed by atoms with E-state index in [1.165, 1.54) is 18.9 Å². The molecular formula is C29H50N2O10. The summed E-state index contributed by atoms with van der Waals surface area (Å²) >= 11 is 0. The molecule has 0 bridgehead atoms. The predicted molar refractivity (Wildman–Crippen MR) is 155 cm³/mol. The van der Waals surface area contributed by atoms with Crippen molar-refractivity contribution in [2.24, 2.45) is 5.92 Å². The maximum atomic E-state index is 12.1. The highest BCUT2D eigenvalue weighted by molar-refractivity contribution is 6.14. The summed E-state index contributed by atoms with van der Waals surface area (Å²) in [7, 11) is 0. The number of hydrazine groups is 1. The SMILES string of the molecule is CC(=O)OCCOCCOC(C)=O.CCCCC1C(=O)NN(c2ccccc2)C1=O.CCOCC.CCOCCO. The number of aliphatic hydroxyl groups excluding tert-OH is 1. The summed E-state index contributed by atoms with van der Waals surface area (Å²) < 4.78 is 23.7. The van der Waals surface area contributed by atoms with E-state index in [-0.39, 0.29) is 43.6 Å². The average Bonchev–Trinajstić information content (AvgIpc) is 3.24. The molecule has 1 aliphatic heterocycles. The third kappa shape index (κ3) is 23.4. The van der Waals surface area contributed by atoms with E-state index < -0.39 is 5.92 Å². The first kappa shape index (κ1) is 40.1. The van der Waals surface area contributed by atoms with Crippen LogP contribution in [-0.4, -0.2) is 88.3 Å². The van der Waals surface area contributed by atoms with Crippen molar-refractivity contribution in [1.29, 1.82) is 0 Å². The molecule has 1 unspecified atom stereocenters. The Bertz CT molecular complexity index is 784. The standard InChI is InChI=1S/C13H16N2O2.C8H14O5.C4H10O2.C4H10O/c1-2-3-9-11-12(16)14-15(13(11)17)10-7-5-4-6-8-10;1-7(9)12-5-3-11-4-6-13-8(2)10;1-2-6-4-3-5;1-3-5-4-2/h4-8,11H,2-3,9H2,1H3,(H,14,16);3-6H2,1-2H3;5H,2-4H2,1H3;3-4H2,1-2H3. The van der Waals surface area contributed by atoms with Crippen LogP contribution in [0.25, 0.3) is 0 Å². The second-order valence-electron chi connectivity index (χ2n) is 8.17. The Morgan fingerprint density at radius 1 is 0.805 bits per heavy atom. The summed E-state index contributed by atoms with van der Waals surface area (Å²) in [5, 5.41) is 9.42. The van der Waals surface area contributed by atoms with Crippen LogP contribution in [0.15, 0.2) is 30.3 Å². The van der Waals surface area contributed by atoms with Gasteiger partial charge in [-0.3, -0.25) is 24.6 Å². The number of nitrogens with zero attached hydrogens (tertiary/aromatic N) is 1. The fourth-order valence-corrected chi connectivity index (χ4v) is 2.95. The molecule has 1 aliphatic rings. The maximum absolute atomic E-state index is 12.1. The lowest BCUT2D eigenvalue weighted by molar-refractivity contribution is -0.144. The number of hydrogen-bond acceptors (Lipinski definition) is 10. The van der Waals surface area contributed by atoms with Crippen molar-refractivity contribution in [1.82, 2.24) is 5.43 Å². The first-order chi connectivity index (χ1) is 19.7. The highest BCUT2D eigenvalue weighted by atomic mass is 16.6. The summed E-state index contributed by atoms with van der Waals surface area (Å²) in [6.07, 6.45) is 2.51. The lowest BCUT2D eigenvalue weighted by atomic mass is 10.0. The minimum atomic E-state index is -0.518. The van der Waals surface area contributed by atoms with E-state index in [1.54, 1.807) is 12.1 Å². The van der Waals surface area contributed by atoms with Gasteiger partial charge < -0.3 is 28.8 Å². The number of hydrogen-bond donors (Lipinski definition) is 2. The lowest BCUT2D eigenvalue weighted by Gasteiger charge is -2.14. The molecule has 2 amide bonds. The van der Waals surface area contributed by atoms with Gasteiger partial charge in [0, 0.05) is 33.7 Å². The van der Waals surface area contributed by atoms with Gasteiger partial charge in [-0.2, -0.15) is 0 Å². The second-order valence-corrected chi connectivity index (χ2v) is 8.17. The minimum absolute atomic E-state index is 0.133. The largest absolute Gasteiger partial charge is 0.463 e. The van der Waals surface area contributed by atoms with Gasteiger partial charge in [-0.05, 0) is 39.3 Å². The summed E-state index contributed by atoms with van der Waals surface area (Å²) in [5.74, 6) is -1.51. The molecule has 12 nitrogen and oxygen atoms in total. The Balaban J connectivity index is 0. The Hall–Kier alpha value is -3.06. The summed E-state index contributed by atoms with van der Waals surface area (Å²) in [5.41, 5.74) is 3.34. The molecule has 1 saturated heterocycles. The topological polar surface area (TPSA) is 150 Å². The number of unbranched alkanes of at least 4 members (excludes halogenated alkanes) is 1. The Kier molecular flexibility index (Phi) is 27.8. The fourth-order valence-electron chi connectivity index (χ4n) is 2.95. The molecule has 2 N–H and O–H groups in total. The van der Waals surface area contributed by atoms with Gasteiger partial charge in [0.1, 0.15) is 19.1 Å². The van der Waals surface area contributed by atoms with Crippen LogP contribution >= 0.6 is 0 Å². The van der Waals surface area contributed by atoms with Crippen LogP contribution in [0.4, 0.5) is 5.69 Å². The first-order valence-electron chi connectivity index (χ1n) is 14.0. The van der Waals surface area contributed by atoms with E-state index in [0.29, 0.717) is 38.5 Å². The van der Waals surface area contributed by atoms with Crippen molar-refractivity contribution in [3.8, 4) is 0 Å². The zero-order chi connectivity index (χ0) is 31.3. The van der Waals surface area contributed by atoms with Crippen molar-refractivity contribution in [3.05, 3.63) is 30.3 Å². The van der Waals surface area contributed by atoms with Crippen LogP contribution in [0.5, 0.6) is 0 Å². The fraction of sp³-hybridized carbons (Fsp3) is 0.655. The van der Waals surface area contributed by atoms with Crippen molar-refractivity contribution >= 4 is 29.4 Å². The van der Waals surface area contributed by atoms with Gasteiger partial charge in [-0.1, -0.05) is 38.0 Å². The van der Waals surface area contributed by atoms with Crippen LogP contribution in [0.2, 0.25) is 0 Å². The molecule has 1 atom stereocenters. The van der Waals surface area contributed by atoms with Gasteiger partial charge in [0.15, 0.2) is 0 Å². The smallest absolute Gasteiger partial charge is 0.302 e. The number of para-hydroxylation sites is 1. The third-order valence-corrected chi connectivity index (χ3v) is 4.83. The zero-order valence-corrected chi connectivity index (χ0v) is 25.5. The lowest BCUT2D eigenvalue weighted by Crippen LogP contribution is -2.35. The van der Waals surface area contributed by atoms with Gasteiger partial charge >= 0.3 is 11.9 Å². The molecule has 1 fully saturated rings. The molecule has 0 saturated carbocycles. The molecule has 0 aliphatic carbocycles. The number of aliphatic hydroxyl groups is 1. The molecule has 0 radical (unpaired) electrons. The molecular weight excluding hydrogens is 536 g/mol.